The third kappa shape index (κ3) is 7.79. The van der Waals surface area contributed by atoms with Gasteiger partial charge in [-0.2, -0.15) is 0 Å². The van der Waals surface area contributed by atoms with Crippen molar-refractivity contribution in [2.45, 2.75) is 26.2 Å². The molecule has 0 saturated heterocycles. The molecule has 0 fully saturated rings. The molecule has 1 aromatic carbocycles. The second-order valence-corrected chi connectivity index (χ2v) is 4.57. The molecule has 0 aliphatic heterocycles. The maximum absolute atomic E-state index is 5.31. The average Bonchev–Trinajstić information content (AvgIpc) is 2.50. The number of guanidine groups is 1. The largest absolute Gasteiger partial charge is 0.382 e. The zero-order chi connectivity index (χ0) is 14.5. The number of nitrogens with zero attached hydrogens (tertiary/aromatic N) is 1. The van der Waals surface area contributed by atoms with Gasteiger partial charge in [-0.25, -0.2) is 0 Å². The van der Waals surface area contributed by atoms with Crippen molar-refractivity contribution in [3.8, 4) is 0 Å². The lowest BCUT2D eigenvalue weighted by Gasteiger charge is -2.11. The van der Waals surface area contributed by atoms with E-state index in [1.165, 1.54) is 5.56 Å². The van der Waals surface area contributed by atoms with E-state index in [-0.39, 0.29) is 0 Å². The van der Waals surface area contributed by atoms with Gasteiger partial charge < -0.3 is 15.4 Å². The normalized spacial score (nSPS) is 11.4. The zero-order valence-corrected chi connectivity index (χ0v) is 12.7. The number of hydrogen-bond donors (Lipinski definition) is 2. The summed E-state index contributed by atoms with van der Waals surface area (Å²) in [6.07, 6.45) is 3.19. The molecule has 0 atom stereocenters. The van der Waals surface area contributed by atoms with Crippen molar-refractivity contribution < 1.29 is 4.74 Å². The SMILES string of the molecule is CCOCCCCNC(=NC)NCCc1ccccc1. The van der Waals surface area contributed by atoms with Crippen LogP contribution in [0.25, 0.3) is 0 Å². The van der Waals surface area contributed by atoms with Crippen LogP contribution in [0.4, 0.5) is 0 Å². The van der Waals surface area contributed by atoms with Crippen LogP contribution >= 0.6 is 0 Å². The maximum Gasteiger partial charge on any atom is 0.190 e. The van der Waals surface area contributed by atoms with Crippen LogP contribution in [0.2, 0.25) is 0 Å². The molecule has 0 saturated carbocycles. The summed E-state index contributed by atoms with van der Waals surface area (Å²) in [7, 11) is 1.80. The number of hydrogen-bond acceptors (Lipinski definition) is 2. The molecule has 0 unspecified atom stereocenters. The van der Waals surface area contributed by atoms with E-state index in [1.54, 1.807) is 7.05 Å². The highest BCUT2D eigenvalue weighted by molar-refractivity contribution is 5.79. The van der Waals surface area contributed by atoms with E-state index in [0.29, 0.717) is 0 Å². The Morgan fingerprint density at radius 3 is 2.55 bits per heavy atom. The molecule has 0 aliphatic rings. The van der Waals surface area contributed by atoms with Crippen LogP contribution in [-0.2, 0) is 11.2 Å². The highest BCUT2D eigenvalue weighted by Crippen LogP contribution is 1.98. The molecule has 20 heavy (non-hydrogen) atoms. The molecule has 0 aliphatic carbocycles. The first-order valence-electron chi connectivity index (χ1n) is 7.43. The van der Waals surface area contributed by atoms with Crippen molar-refractivity contribution in [2.75, 3.05) is 33.4 Å². The van der Waals surface area contributed by atoms with Crippen LogP contribution in [0.1, 0.15) is 25.3 Å². The van der Waals surface area contributed by atoms with E-state index in [4.69, 9.17) is 4.74 Å². The summed E-state index contributed by atoms with van der Waals surface area (Å²) < 4.78 is 5.31. The fraction of sp³-hybridized carbons (Fsp3) is 0.562. The lowest BCUT2D eigenvalue weighted by Crippen LogP contribution is -2.38. The van der Waals surface area contributed by atoms with Gasteiger partial charge in [-0.05, 0) is 31.7 Å². The van der Waals surface area contributed by atoms with Gasteiger partial charge in [-0.1, -0.05) is 30.3 Å². The monoisotopic (exact) mass is 277 g/mol. The van der Waals surface area contributed by atoms with Crippen molar-refractivity contribution >= 4 is 5.96 Å². The summed E-state index contributed by atoms with van der Waals surface area (Å²) in [6, 6.07) is 10.5. The van der Waals surface area contributed by atoms with Gasteiger partial charge in [0, 0.05) is 33.4 Å². The first-order valence-corrected chi connectivity index (χ1v) is 7.43. The minimum atomic E-state index is 0.802. The summed E-state index contributed by atoms with van der Waals surface area (Å²) >= 11 is 0. The molecule has 0 amide bonds. The Labute approximate surface area is 122 Å². The molecule has 0 aromatic heterocycles. The highest BCUT2D eigenvalue weighted by atomic mass is 16.5. The molecule has 4 heteroatoms. The quantitative estimate of drug-likeness (QED) is 0.413. The Morgan fingerprint density at radius 1 is 1.10 bits per heavy atom. The average molecular weight is 277 g/mol. The maximum atomic E-state index is 5.31. The first kappa shape index (κ1) is 16.5. The van der Waals surface area contributed by atoms with Crippen LogP contribution in [-0.4, -0.2) is 39.3 Å². The van der Waals surface area contributed by atoms with E-state index >= 15 is 0 Å². The van der Waals surface area contributed by atoms with Crippen molar-refractivity contribution in [3.63, 3.8) is 0 Å². The summed E-state index contributed by atoms with van der Waals surface area (Å²) in [6.45, 7) is 5.49. The molecule has 4 nitrogen and oxygen atoms in total. The second kappa shape index (κ2) is 11.3. The van der Waals surface area contributed by atoms with Crippen molar-refractivity contribution in [1.29, 1.82) is 0 Å². The minimum absolute atomic E-state index is 0.802. The molecule has 0 spiro atoms. The van der Waals surface area contributed by atoms with Gasteiger partial charge in [0.25, 0.3) is 0 Å². The molecular weight excluding hydrogens is 250 g/mol. The van der Waals surface area contributed by atoms with Crippen LogP contribution < -0.4 is 10.6 Å². The number of nitrogens with one attached hydrogen (secondary N) is 2. The molecular formula is C16H27N3O. The lowest BCUT2D eigenvalue weighted by atomic mass is 10.1. The van der Waals surface area contributed by atoms with Crippen LogP contribution in [0.3, 0.4) is 0 Å². The third-order valence-electron chi connectivity index (χ3n) is 2.98. The van der Waals surface area contributed by atoms with E-state index < -0.39 is 0 Å². The van der Waals surface area contributed by atoms with Gasteiger partial charge >= 0.3 is 0 Å². The van der Waals surface area contributed by atoms with E-state index in [9.17, 15) is 0 Å². The molecule has 1 aromatic rings. The van der Waals surface area contributed by atoms with E-state index in [0.717, 1.165) is 51.5 Å². The number of unbranched alkanes of at least 4 members (excludes halogenated alkanes) is 1. The standard InChI is InChI=1S/C16H27N3O/c1-3-20-14-8-7-12-18-16(17-2)19-13-11-15-9-5-4-6-10-15/h4-6,9-10H,3,7-8,11-14H2,1-2H3,(H2,17,18,19). The lowest BCUT2D eigenvalue weighted by molar-refractivity contribution is 0.143. The molecule has 1 rings (SSSR count). The molecule has 0 heterocycles. The van der Waals surface area contributed by atoms with Crippen molar-refractivity contribution in [2.24, 2.45) is 4.99 Å². The smallest absolute Gasteiger partial charge is 0.190 e. The van der Waals surface area contributed by atoms with Crippen LogP contribution in [0.5, 0.6) is 0 Å². The van der Waals surface area contributed by atoms with E-state index in [2.05, 4.69) is 39.9 Å². The van der Waals surface area contributed by atoms with E-state index in [1.807, 2.05) is 13.0 Å². The molecule has 2 N–H and O–H groups in total. The second-order valence-electron chi connectivity index (χ2n) is 4.57. The summed E-state index contributed by atoms with van der Waals surface area (Å²) in [5.41, 5.74) is 1.34. The predicted molar refractivity (Wildman–Crippen MR) is 85.2 cm³/mol. The summed E-state index contributed by atoms with van der Waals surface area (Å²) in [5.74, 6) is 0.873. The number of ether oxygens (including phenoxy) is 1. The van der Waals surface area contributed by atoms with Gasteiger partial charge in [-0.3, -0.25) is 4.99 Å². The van der Waals surface area contributed by atoms with Crippen LogP contribution in [0.15, 0.2) is 35.3 Å². The Bertz CT molecular complexity index is 365. The fourth-order valence-electron chi connectivity index (χ4n) is 1.87. The van der Waals surface area contributed by atoms with Crippen molar-refractivity contribution in [3.05, 3.63) is 35.9 Å². The van der Waals surface area contributed by atoms with Gasteiger partial charge in [-0.15, -0.1) is 0 Å². The first-order chi connectivity index (χ1) is 9.86. The molecule has 0 bridgehead atoms. The number of aliphatic imine (C=N–C) groups is 1. The van der Waals surface area contributed by atoms with Crippen molar-refractivity contribution in [1.82, 2.24) is 10.6 Å². The Kier molecular flexibility index (Phi) is 9.32. The molecule has 0 radical (unpaired) electrons. The zero-order valence-electron chi connectivity index (χ0n) is 12.7. The Balaban J connectivity index is 2.08. The Hall–Kier alpha value is -1.55. The van der Waals surface area contributed by atoms with Gasteiger partial charge in [0.05, 0.1) is 0 Å². The topological polar surface area (TPSA) is 45.6 Å². The predicted octanol–water partition coefficient (Wildman–Crippen LogP) is 2.21. The third-order valence-corrected chi connectivity index (χ3v) is 2.98. The summed E-state index contributed by atoms with van der Waals surface area (Å²) in [4.78, 5) is 4.22. The van der Waals surface area contributed by atoms with Gasteiger partial charge in [0.2, 0.25) is 0 Å². The highest BCUT2D eigenvalue weighted by Gasteiger charge is 1.97. The van der Waals surface area contributed by atoms with Gasteiger partial charge in [0.1, 0.15) is 0 Å². The fourth-order valence-corrected chi connectivity index (χ4v) is 1.87. The van der Waals surface area contributed by atoms with Gasteiger partial charge in [0.15, 0.2) is 5.96 Å². The Morgan fingerprint density at radius 2 is 1.85 bits per heavy atom. The number of rotatable bonds is 9. The van der Waals surface area contributed by atoms with Crippen LogP contribution in [0, 0.1) is 0 Å². The molecule has 112 valence electrons. The number of benzene rings is 1. The summed E-state index contributed by atoms with van der Waals surface area (Å²) in [5, 5.41) is 6.64. The minimum Gasteiger partial charge on any atom is -0.382 e.